The standard InChI is InChI=1S/C56H94N4O40/c1-13-29(71)37(79)40(82)53(87-13)100-48-39(81)31(73)19(7-62)92-56(48)98-46-28(60-17(5)70)52(89-20(8-63)32(46)74)97-45-27(59-16(4)69)49(85)88-24(34(45)76)12-86-50-25(57-14(2)67)35(77)43(22(10-65)93-50)96-55-42(84)47(33(75)21(9-64)91-55)99-51-26(58-15(3)68)36(78)44(23(11-66)94-51)95-54-41(83)38(80)30(72)18(6-61)90-54/h13,18-56,61-66,71-85H,6-12H2,1-5H3,(H,57,67)(H,58,68)(H,59,69)(H,60,70)/t13-,18+,19+,20+,21+,22+,23+,24+,25+,26+,27+,28+,29+,30-,31-,32+,33-,34-,35+,36+,37+,38-,39-,40-,41+,42+,43+,44+,45+,46+,47-,48+,49?,50+,51-,52-,53-,54-,55-,56-/m0/s1. The van der Waals surface area contributed by atoms with E-state index in [0.717, 1.165) is 27.7 Å². The summed E-state index contributed by atoms with van der Waals surface area (Å²) in [5, 5.41) is 240. The van der Waals surface area contributed by atoms with Crippen molar-refractivity contribution in [2.45, 2.75) is 280 Å². The molecule has 0 radical (unpaired) electrons. The molecule has 44 nitrogen and oxygen atoms in total. The van der Waals surface area contributed by atoms with Gasteiger partial charge in [0, 0.05) is 27.7 Å². The fourth-order valence-electron chi connectivity index (χ4n) is 12.9. The number of nitrogens with one attached hydrogen (secondary N) is 4. The van der Waals surface area contributed by atoms with Crippen molar-refractivity contribution < 1.29 is 197 Å². The Hall–Kier alpha value is -3.56. The van der Waals surface area contributed by atoms with Crippen LogP contribution in [0.3, 0.4) is 0 Å². The van der Waals surface area contributed by atoms with Crippen molar-refractivity contribution in [3.05, 3.63) is 0 Å². The van der Waals surface area contributed by atoms with Crippen LogP contribution in [0.4, 0.5) is 0 Å². The quantitative estimate of drug-likeness (QED) is 0.0404. The summed E-state index contributed by atoms with van der Waals surface area (Å²) in [7, 11) is 0. The molecule has 4 amide bonds. The molecule has 0 aliphatic carbocycles. The van der Waals surface area contributed by atoms with Crippen LogP contribution in [0, 0.1) is 0 Å². The van der Waals surface area contributed by atoms with E-state index < -0.39 is 315 Å². The summed E-state index contributed by atoms with van der Waals surface area (Å²) in [5.74, 6) is -3.50. The van der Waals surface area contributed by atoms with Crippen LogP contribution in [0.2, 0.25) is 0 Å². The summed E-state index contributed by atoms with van der Waals surface area (Å²) in [6.45, 7) is -1.82. The lowest BCUT2D eigenvalue weighted by molar-refractivity contribution is -0.384. The zero-order valence-corrected chi connectivity index (χ0v) is 54.2. The number of aliphatic hydroxyl groups excluding tert-OH is 21. The van der Waals surface area contributed by atoms with Gasteiger partial charge in [0.25, 0.3) is 0 Å². The van der Waals surface area contributed by atoms with Gasteiger partial charge in [-0.15, -0.1) is 0 Å². The minimum Gasteiger partial charge on any atom is -0.394 e. The summed E-state index contributed by atoms with van der Waals surface area (Å²) in [6, 6.07) is -7.22. The number of carbonyl (C=O) groups is 4. The van der Waals surface area contributed by atoms with Crippen LogP contribution in [0.5, 0.6) is 0 Å². The van der Waals surface area contributed by atoms with Gasteiger partial charge in [0.2, 0.25) is 23.6 Å². The third-order valence-electron chi connectivity index (χ3n) is 18.2. The molecule has 1 unspecified atom stereocenters. The van der Waals surface area contributed by atoms with E-state index in [1.807, 2.05) is 0 Å². The average molecular weight is 1460 g/mol. The molecular weight excluding hydrogens is 1370 g/mol. The Morgan fingerprint density at radius 1 is 0.280 bits per heavy atom. The summed E-state index contributed by atoms with van der Waals surface area (Å²) < 4.78 is 87.8. The van der Waals surface area contributed by atoms with E-state index in [4.69, 9.17) is 71.1 Å². The van der Waals surface area contributed by atoms with Crippen LogP contribution in [0.25, 0.3) is 0 Å². The first-order chi connectivity index (χ1) is 47.2. The van der Waals surface area contributed by atoms with E-state index in [0.29, 0.717) is 0 Å². The molecule has 8 aliphatic heterocycles. The summed E-state index contributed by atoms with van der Waals surface area (Å²) in [5.41, 5.74) is 0. The second kappa shape index (κ2) is 35.7. The van der Waals surface area contributed by atoms with Crippen molar-refractivity contribution in [3.8, 4) is 0 Å². The van der Waals surface area contributed by atoms with Gasteiger partial charge in [0.1, 0.15) is 189 Å². The van der Waals surface area contributed by atoms with E-state index in [-0.39, 0.29) is 0 Å². The maximum atomic E-state index is 13.0. The highest BCUT2D eigenvalue weighted by Crippen LogP contribution is 2.39. The zero-order chi connectivity index (χ0) is 73.8. The minimum atomic E-state index is -2.26. The fraction of sp³-hybridized carbons (Fsp3) is 0.929. The molecule has 25 N–H and O–H groups in total. The monoisotopic (exact) mass is 1460 g/mol. The molecule has 0 spiro atoms. The van der Waals surface area contributed by atoms with E-state index in [9.17, 15) is 126 Å². The first-order valence-electron chi connectivity index (χ1n) is 32.0. The Labute approximate surface area is 567 Å². The Balaban J connectivity index is 0.998. The van der Waals surface area contributed by atoms with Crippen LogP contribution in [0.15, 0.2) is 0 Å². The molecule has 8 fully saturated rings. The third kappa shape index (κ3) is 18.1. The first-order valence-corrected chi connectivity index (χ1v) is 32.0. The van der Waals surface area contributed by atoms with Crippen molar-refractivity contribution in [3.63, 3.8) is 0 Å². The van der Waals surface area contributed by atoms with Gasteiger partial charge in [-0.25, -0.2) is 0 Å². The topological polar surface area (TPSA) is 680 Å². The number of hydrogen-bond donors (Lipinski definition) is 25. The van der Waals surface area contributed by atoms with E-state index >= 15 is 0 Å². The fourth-order valence-corrected chi connectivity index (χ4v) is 12.9. The Kier molecular flexibility index (Phi) is 29.3. The van der Waals surface area contributed by atoms with Crippen LogP contribution in [-0.4, -0.2) is 423 Å². The predicted octanol–water partition coefficient (Wildman–Crippen LogP) is -16.8. The maximum absolute atomic E-state index is 13.0. The van der Waals surface area contributed by atoms with E-state index in [1.54, 1.807) is 0 Å². The van der Waals surface area contributed by atoms with Crippen LogP contribution in [0.1, 0.15) is 34.6 Å². The highest BCUT2D eigenvalue weighted by Gasteiger charge is 2.60. The Morgan fingerprint density at radius 2 is 0.610 bits per heavy atom. The molecule has 0 aromatic rings. The summed E-state index contributed by atoms with van der Waals surface area (Å²) >= 11 is 0. The van der Waals surface area contributed by atoms with Gasteiger partial charge in [-0.1, -0.05) is 0 Å². The van der Waals surface area contributed by atoms with Crippen molar-refractivity contribution >= 4 is 23.6 Å². The largest absolute Gasteiger partial charge is 0.394 e. The molecule has 8 heterocycles. The highest BCUT2D eigenvalue weighted by atomic mass is 16.8. The van der Waals surface area contributed by atoms with Gasteiger partial charge in [-0.05, 0) is 6.92 Å². The SMILES string of the molecule is CC(=O)N[C@H]1[C@H](O[C@H]2[C@@H](O)[C@@H](CO)O[C@@H](O[C@H]3[C@H](O)[C@@H](NC(C)=O)[C@H](OC[C@H]4OC(O)[C@H](NC(C)=O)[C@@H](O[C@@H]5O[C@H](CO)[C@@H](O)[C@H](O[C@@H]6O[C@H](CO)[C@H](O)[C@H](O)[C@H]6O[C@@H]6O[C@@H](C)[C@@H](O)[C@@H](O)[C@@H]6O)[C@H]5NC(C)=O)[C@H]4O)O[C@@H]3CO)[C@@H]2O)O[C@H](CO)[C@@H](O[C@@H]2O[C@H](CO)[C@H](O)[C@H](O)[C@H]2O)[C@@H]1O. The van der Waals surface area contributed by atoms with Crippen molar-refractivity contribution in [1.82, 2.24) is 21.3 Å². The molecule has 0 aromatic heterocycles. The molecule has 0 bridgehead atoms. The second-order valence-corrected chi connectivity index (χ2v) is 25.3. The van der Waals surface area contributed by atoms with Gasteiger partial charge in [0.15, 0.2) is 50.3 Å². The van der Waals surface area contributed by atoms with Gasteiger partial charge in [-0.2, -0.15) is 0 Å². The number of ether oxygens (including phenoxy) is 15. The molecule has 0 aromatic carbocycles. The van der Waals surface area contributed by atoms with E-state index in [1.165, 1.54) is 6.92 Å². The van der Waals surface area contributed by atoms with Gasteiger partial charge >= 0.3 is 0 Å². The molecule has 8 rings (SSSR count). The first kappa shape index (κ1) is 82.1. The third-order valence-corrected chi connectivity index (χ3v) is 18.2. The lowest BCUT2D eigenvalue weighted by atomic mass is 9.93. The van der Waals surface area contributed by atoms with Gasteiger partial charge < -0.3 is 200 Å². The Bertz CT molecular complexity index is 2620. The minimum absolute atomic E-state index is 0.856. The molecular formula is C56H94N4O40. The molecule has 40 atom stereocenters. The molecule has 8 aliphatic rings. The molecule has 8 saturated heterocycles. The van der Waals surface area contributed by atoms with Crippen molar-refractivity contribution in [1.29, 1.82) is 0 Å². The number of rotatable bonds is 25. The van der Waals surface area contributed by atoms with Crippen molar-refractivity contribution in [2.24, 2.45) is 0 Å². The molecule has 100 heavy (non-hydrogen) atoms. The number of hydrogen-bond acceptors (Lipinski definition) is 40. The predicted molar refractivity (Wildman–Crippen MR) is 309 cm³/mol. The van der Waals surface area contributed by atoms with Crippen molar-refractivity contribution in [2.75, 3.05) is 46.2 Å². The summed E-state index contributed by atoms with van der Waals surface area (Å²) in [6.07, 6.45) is -69.1. The Morgan fingerprint density at radius 3 is 1.12 bits per heavy atom. The normalized spacial score (nSPS) is 48.7. The molecule has 44 heteroatoms. The van der Waals surface area contributed by atoms with Crippen LogP contribution >= 0.6 is 0 Å². The smallest absolute Gasteiger partial charge is 0.217 e. The zero-order valence-electron chi connectivity index (χ0n) is 54.2. The molecule has 578 valence electrons. The second-order valence-electron chi connectivity index (χ2n) is 25.3. The number of amides is 4. The average Bonchev–Trinajstić information content (AvgIpc) is 0.772. The van der Waals surface area contributed by atoms with Gasteiger partial charge in [0.05, 0.1) is 52.4 Å². The van der Waals surface area contributed by atoms with Crippen LogP contribution < -0.4 is 21.3 Å². The number of carbonyl (C=O) groups excluding carboxylic acids is 4. The summed E-state index contributed by atoms with van der Waals surface area (Å²) in [4.78, 5) is 51.2. The van der Waals surface area contributed by atoms with E-state index in [2.05, 4.69) is 21.3 Å². The lowest BCUT2D eigenvalue weighted by Crippen LogP contribution is -2.71. The molecule has 0 saturated carbocycles. The maximum Gasteiger partial charge on any atom is 0.217 e. The lowest BCUT2D eigenvalue weighted by Gasteiger charge is -2.51. The van der Waals surface area contributed by atoms with Gasteiger partial charge in [-0.3, -0.25) is 19.2 Å². The number of aliphatic hydroxyl groups is 21. The highest BCUT2D eigenvalue weighted by molar-refractivity contribution is 5.74. The van der Waals surface area contributed by atoms with Crippen LogP contribution in [-0.2, 0) is 90.2 Å².